The summed E-state index contributed by atoms with van der Waals surface area (Å²) in [5.41, 5.74) is 1.32. The molecule has 1 fully saturated rings. The normalized spacial score (nSPS) is 14.5. The summed E-state index contributed by atoms with van der Waals surface area (Å²) < 4.78 is 13.6. The maximum absolute atomic E-state index is 13.6. The Hall–Kier alpha value is -2.44. The Morgan fingerprint density at radius 1 is 1.13 bits per heavy atom. The minimum Gasteiger partial charge on any atom is -0.352 e. The Morgan fingerprint density at radius 3 is 2.40 bits per heavy atom. The average Bonchev–Trinajstić information content (AvgIpc) is 2.75. The van der Waals surface area contributed by atoms with E-state index in [1.54, 1.807) is 22.8 Å². The zero-order chi connectivity index (χ0) is 22.1. The smallest absolute Gasteiger partial charge is 0.223 e. The summed E-state index contributed by atoms with van der Waals surface area (Å²) in [6.45, 7) is 8.40. The average molecular weight is 420 g/mol. The predicted molar refractivity (Wildman–Crippen MR) is 114 cm³/mol. The molecule has 2 rings (SSSR count). The molecular formula is C23H34FN3O3. The van der Waals surface area contributed by atoms with Crippen LogP contribution in [0.15, 0.2) is 18.2 Å². The second-order valence-electron chi connectivity index (χ2n) is 7.88. The molecule has 3 amide bonds. The highest BCUT2D eigenvalue weighted by molar-refractivity contribution is 5.81. The molecule has 1 aromatic rings. The molecule has 30 heavy (non-hydrogen) atoms. The molecular weight excluding hydrogens is 385 g/mol. The van der Waals surface area contributed by atoms with Gasteiger partial charge in [-0.15, -0.1) is 0 Å². The van der Waals surface area contributed by atoms with Crippen LogP contribution >= 0.6 is 0 Å². The third kappa shape index (κ3) is 6.82. The molecule has 1 aromatic carbocycles. The van der Waals surface area contributed by atoms with E-state index in [2.05, 4.69) is 5.32 Å². The van der Waals surface area contributed by atoms with E-state index in [4.69, 9.17) is 0 Å². The fourth-order valence-electron chi connectivity index (χ4n) is 3.75. The number of nitrogens with zero attached hydrogens (tertiary/aromatic N) is 2. The van der Waals surface area contributed by atoms with Crippen LogP contribution in [0.25, 0.3) is 0 Å². The molecule has 7 heteroatoms. The number of carbonyl (C=O) groups excluding carboxylic acids is 3. The minimum absolute atomic E-state index is 0.0482. The quantitative estimate of drug-likeness (QED) is 0.669. The fourth-order valence-corrected chi connectivity index (χ4v) is 3.75. The first-order chi connectivity index (χ1) is 14.3. The lowest BCUT2D eigenvalue weighted by Crippen LogP contribution is -2.43. The SMILES string of the molecule is CCN(CC)C(=O)CCCC(=O)N1CCC(C(=O)NCc2ccc(C)c(F)c2)CC1. The van der Waals surface area contributed by atoms with Gasteiger partial charge in [-0.3, -0.25) is 14.4 Å². The van der Waals surface area contributed by atoms with Crippen LogP contribution in [0, 0.1) is 18.7 Å². The molecule has 1 saturated heterocycles. The van der Waals surface area contributed by atoms with Gasteiger partial charge < -0.3 is 15.1 Å². The van der Waals surface area contributed by atoms with Crippen molar-refractivity contribution in [2.24, 2.45) is 5.92 Å². The van der Waals surface area contributed by atoms with Crippen molar-refractivity contribution in [1.29, 1.82) is 0 Å². The molecule has 1 aliphatic heterocycles. The minimum atomic E-state index is -0.271. The molecule has 0 aliphatic carbocycles. The van der Waals surface area contributed by atoms with E-state index in [0.717, 1.165) is 5.56 Å². The summed E-state index contributed by atoms with van der Waals surface area (Å²) in [5, 5.41) is 2.88. The third-order valence-electron chi connectivity index (χ3n) is 5.82. The number of hydrogen-bond acceptors (Lipinski definition) is 3. The Bertz CT molecular complexity index is 741. The van der Waals surface area contributed by atoms with Crippen LogP contribution in [0.4, 0.5) is 4.39 Å². The van der Waals surface area contributed by atoms with Gasteiger partial charge in [-0.25, -0.2) is 4.39 Å². The summed E-state index contributed by atoms with van der Waals surface area (Å²) in [6.07, 6.45) is 2.56. The van der Waals surface area contributed by atoms with Gasteiger partial charge in [0, 0.05) is 51.5 Å². The lowest BCUT2D eigenvalue weighted by molar-refractivity contribution is -0.136. The first-order valence-corrected chi connectivity index (χ1v) is 10.9. The zero-order valence-corrected chi connectivity index (χ0v) is 18.4. The number of halogens is 1. The Kier molecular flexibility index (Phi) is 9.27. The van der Waals surface area contributed by atoms with Crippen molar-refractivity contribution >= 4 is 17.7 Å². The summed E-state index contributed by atoms with van der Waals surface area (Å²) in [6, 6.07) is 4.96. The molecule has 0 atom stereocenters. The van der Waals surface area contributed by atoms with Crippen molar-refractivity contribution < 1.29 is 18.8 Å². The van der Waals surface area contributed by atoms with Crippen molar-refractivity contribution in [2.75, 3.05) is 26.2 Å². The molecule has 1 heterocycles. The highest BCUT2D eigenvalue weighted by Crippen LogP contribution is 2.19. The van der Waals surface area contributed by atoms with Crippen LogP contribution in [-0.4, -0.2) is 53.7 Å². The number of rotatable bonds is 9. The first-order valence-electron chi connectivity index (χ1n) is 10.9. The number of nitrogens with one attached hydrogen (secondary N) is 1. The molecule has 0 aromatic heterocycles. The Morgan fingerprint density at radius 2 is 1.80 bits per heavy atom. The molecule has 0 unspecified atom stereocenters. The van der Waals surface area contributed by atoms with Crippen molar-refractivity contribution in [1.82, 2.24) is 15.1 Å². The zero-order valence-electron chi connectivity index (χ0n) is 18.4. The molecule has 0 radical (unpaired) electrons. The Labute approximate surface area is 178 Å². The number of amides is 3. The van der Waals surface area contributed by atoms with Crippen LogP contribution in [0.2, 0.25) is 0 Å². The number of piperidine rings is 1. The van der Waals surface area contributed by atoms with E-state index in [0.29, 0.717) is 70.4 Å². The van der Waals surface area contributed by atoms with Crippen molar-refractivity contribution in [3.63, 3.8) is 0 Å². The number of benzene rings is 1. The predicted octanol–water partition coefficient (Wildman–Crippen LogP) is 3.03. The molecule has 0 spiro atoms. The number of aryl methyl sites for hydroxylation is 1. The lowest BCUT2D eigenvalue weighted by Gasteiger charge is -2.31. The van der Waals surface area contributed by atoms with E-state index in [1.807, 2.05) is 19.9 Å². The highest BCUT2D eigenvalue weighted by atomic mass is 19.1. The summed E-state index contributed by atoms with van der Waals surface area (Å²) in [5.74, 6) is -0.304. The summed E-state index contributed by atoms with van der Waals surface area (Å²) in [7, 11) is 0. The van der Waals surface area contributed by atoms with Crippen LogP contribution in [-0.2, 0) is 20.9 Å². The number of carbonyl (C=O) groups is 3. The molecule has 1 aliphatic rings. The molecule has 6 nitrogen and oxygen atoms in total. The summed E-state index contributed by atoms with van der Waals surface area (Å²) in [4.78, 5) is 40.4. The van der Waals surface area contributed by atoms with Gasteiger partial charge in [-0.1, -0.05) is 12.1 Å². The van der Waals surface area contributed by atoms with Crippen LogP contribution in [0.3, 0.4) is 0 Å². The van der Waals surface area contributed by atoms with Gasteiger partial charge in [0.15, 0.2) is 0 Å². The lowest BCUT2D eigenvalue weighted by atomic mass is 9.95. The van der Waals surface area contributed by atoms with Crippen LogP contribution in [0.1, 0.15) is 57.1 Å². The molecule has 0 saturated carbocycles. The van der Waals surface area contributed by atoms with Crippen molar-refractivity contribution in [2.45, 2.75) is 59.4 Å². The molecule has 0 bridgehead atoms. The number of likely N-dealkylation sites (tertiary alicyclic amines) is 1. The van der Waals surface area contributed by atoms with Gasteiger partial charge in [-0.2, -0.15) is 0 Å². The van der Waals surface area contributed by atoms with E-state index in [1.165, 1.54) is 6.07 Å². The second-order valence-corrected chi connectivity index (χ2v) is 7.88. The summed E-state index contributed by atoms with van der Waals surface area (Å²) >= 11 is 0. The second kappa shape index (κ2) is 11.7. The largest absolute Gasteiger partial charge is 0.352 e. The highest BCUT2D eigenvalue weighted by Gasteiger charge is 2.27. The molecule has 1 N–H and O–H groups in total. The van der Waals surface area contributed by atoms with Gasteiger partial charge in [0.25, 0.3) is 0 Å². The van der Waals surface area contributed by atoms with E-state index < -0.39 is 0 Å². The molecule has 166 valence electrons. The van der Waals surface area contributed by atoms with Crippen molar-refractivity contribution in [3.8, 4) is 0 Å². The van der Waals surface area contributed by atoms with E-state index in [-0.39, 0.29) is 29.5 Å². The van der Waals surface area contributed by atoms with Crippen LogP contribution in [0.5, 0.6) is 0 Å². The fraction of sp³-hybridized carbons (Fsp3) is 0.609. The van der Waals surface area contributed by atoms with E-state index >= 15 is 0 Å². The van der Waals surface area contributed by atoms with Crippen molar-refractivity contribution in [3.05, 3.63) is 35.1 Å². The van der Waals surface area contributed by atoms with Crippen LogP contribution < -0.4 is 5.32 Å². The standard InChI is InChI=1S/C23H34FN3O3/c1-4-26(5-2)21(28)7-6-8-22(29)27-13-11-19(12-14-27)23(30)25-16-18-10-9-17(3)20(24)15-18/h9-10,15,19H,4-8,11-14,16H2,1-3H3,(H,25,30). The first kappa shape index (κ1) is 23.8. The van der Waals surface area contributed by atoms with Gasteiger partial charge >= 0.3 is 0 Å². The third-order valence-corrected chi connectivity index (χ3v) is 5.82. The number of hydrogen-bond donors (Lipinski definition) is 1. The van der Waals surface area contributed by atoms with Gasteiger partial charge in [0.05, 0.1) is 0 Å². The van der Waals surface area contributed by atoms with Gasteiger partial charge in [0.2, 0.25) is 17.7 Å². The maximum Gasteiger partial charge on any atom is 0.223 e. The Balaban J connectivity index is 1.69. The monoisotopic (exact) mass is 419 g/mol. The maximum atomic E-state index is 13.6. The van der Waals surface area contributed by atoms with Gasteiger partial charge in [-0.05, 0) is 57.2 Å². The van der Waals surface area contributed by atoms with E-state index in [9.17, 15) is 18.8 Å². The van der Waals surface area contributed by atoms with Gasteiger partial charge in [0.1, 0.15) is 5.82 Å². The topological polar surface area (TPSA) is 69.7 Å².